The van der Waals surface area contributed by atoms with Crippen molar-refractivity contribution < 1.29 is 17.5 Å². The van der Waals surface area contributed by atoms with E-state index in [2.05, 4.69) is 0 Å². The molecule has 0 saturated heterocycles. The van der Waals surface area contributed by atoms with Crippen LogP contribution in [-0.2, 0) is 24.1 Å². The Morgan fingerprint density at radius 1 is 0.741 bits per heavy atom. The lowest BCUT2D eigenvalue weighted by atomic mass is 9.91. The van der Waals surface area contributed by atoms with E-state index >= 15 is 0 Å². The quantitative estimate of drug-likeness (QED) is 0.223. The lowest BCUT2D eigenvalue weighted by molar-refractivity contribution is 0.122. The number of hydrogen-bond acceptors (Lipinski definition) is 4. The van der Waals surface area contributed by atoms with Crippen molar-refractivity contribution in [2.75, 3.05) is 32.8 Å². The molecule has 1 aliphatic carbocycles. The summed E-state index contributed by atoms with van der Waals surface area (Å²) in [5, 5.41) is 0. The molecule has 1 unspecified atom stereocenters. The Kier molecular flexibility index (Phi) is 15.1. The fraction of sp³-hybridized carbons (Fsp3) is 1.00. The van der Waals surface area contributed by atoms with E-state index in [0.29, 0.717) is 0 Å². The maximum Gasteiger partial charge on any atom is 0.500 e. The topological polar surface area (TPSA) is 44.8 Å². The molecule has 6 heteroatoms. The third kappa shape index (κ3) is 11.7. The first kappa shape index (κ1) is 25.3. The summed E-state index contributed by atoms with van der Waals surface area (Å²) in [7, 11) is 2.13. The molecule has 1 rings (SSSR count). The van der Waals surface area contributed by atoms with Gasteiger partial charge in [-0.15, -0.1) is 0 Å². The van der Waals surface area contributed by atoms with Crippen LogP contribution in [0.15, 0.2) is 0 Å². The molecule has 0 N–H and O–H groups in total. The Bertz CT molecular complexity index is 363. The number of rotatable bonds is 17. The van der Waals surface area contributed by atoms with Crippen LogP contribution < -0.4 is 0 Å². The Labute approximate surface area is 171 Å². The van der Waals surface area contributed by atoms with Crippen LogP contribution in [0.4, 0.5) is 0 Å². The zero-order chi connectivity index (χ0) is 19.8. The van der Waals surface area contributed by atoms with Gasteiger partial charge in [0.2, 0.25) is 0 Å². The summed E-state index contributed by atoms with van der Waals surface area (Å²) in [6, 6.07) is 0.911. The minimum absolute atomic E-state index is 0.568. The van der Waals surface area contributed by atoms with Crippen LogP contribution in [0, 0.1) is 5.92 Å². The molecule has 0 aromatic carbocycles. The minimum atomic E-state index is -2.36. The molecule has 1 atom stereocenters. The first-order valence-corrected chi connectivity index (χ1v) is 14.6. The van der Waals surface area contributed by atoms with Gasteiger partial charge in [-0.25, -0.2) is 0 Å². The lowest BCUT2D eigenvalue weighted by Crippen LogP contribution is -2.42. The van der Waals surface area contributed by atoms with E-state index in [-0.39, 0.29) is 0 Å². The van der Waals surface area contributed by atoms with Crippen molar-refractivity contribution in [3.8, 4) is 0 Å². The normalized spacial score (nSPS) is 17.3. The van der Waals surface area contributed by atoms with Crippen LogP contribution in [0.5, 0.6) is 0 Å². The molecule has 0 aromatic rings. The largest absolute Gasteiger partial charge is 0.500 e. The maximum absolute atomic E-state index is 12.2. The molecule has 0 radical (unpaired) electrons. The van der Waals surface area contributed by atoms with Crippen LogP contribution >= 0.6 is 0 Å². The molecule has 27 heavy (non-hydrogen) atoms. The SMILES string of the molecule is CO[Si](CCCCCCCCCCCS(=O)CC1CCCCC1)(OC)OC. The molecule has 1 saturated carbocycles. The minimum Gasteiger partial charge on any atom is -0.377 e. The van der Waals surface area contributed by atoms with Crippen LogP contribution in [0.3, 0.4) is 0 Å². The number of unbranched alkanes of at least 4 members (excludes halogenated alkanes) is 8. The van der Waals surface area contributed by atoms with Crippen molar-refractivity contribution in [2.45, 2.75) is 95.9 Å². The summed E-state index contributed by atoms with van der Waals surface area (Å²) in [6.45, 7) is 0. The Morgan fingerprint density at radius 2 is 1.22 bits per heavy atom. The van der Waals surface area contributed by atoms with Gasteiger partial charge in [0.1, 0.15) is 0 Å². The van der Waals surface area contributed by atoms with Crippen LogP contribution in [0.1, 0.15) is 89.9 Å². The molecule has 0 aromatic heterocycles. The predicted octanol–water partition coefficient (Wildman–Crippen LogP) is 5.70. The van der Waals surface area contributed by atoms with Gasteiger partial charge >= 0.3 is 8.80 Å². The summed E-state index contributed by atoms with van der Waals surface area (Å²) in [4.78, 5) is 0. The summed E-state index contributed by atoms with van der Waals surface area (Å²) in [6.07, 6.45) is 18.0. The summed E-state index contributed by atoms with van der Waals surface area (Å²) < 4.78 is 28.5. The van der Waals surface area contributed by atoms with Crippen molar-refractivity contribution in [2.24, 2.45) is 5.92 Å². The first-order valence-electron chi connectivity index (χ1n) is 11.2. The highest BCUT2D eigenvalue weighted by atomic mass is 32.2. The van der Waals surface area contributed by atoms with Crippen LogP contribution in [0.25, 0.3) is 0 Å². The molecular weight excluding hydrogens is 376 g/mol. The molecule has 0 amide bonds. The molecule has 0 bridgehead atoms. The van der Waals surface area contributed by atoms with E-state index in [1.807, 2.05) is 0 Å². The third-order valence-corrected chi connectivity index (χ3v) is 10.4. The fourth-order valence-electron chi connectivity index (χ4n) is 4.10. The smallest absolute Gasteiger partial charge is 0.377 e. The summed E-state index contributed by atoms with van der Waals surface area (Å²) in [5.74, 6) is 2.66. The number of hydrogen-bond donors (Lipinski definition) is 0. The zero-order valence-electron chi connectivity index (χ0n) is 18.1. The van der Waals surface area contributed by atoms with Crippen LogP contribution in [0.2, 0.25) is 6.04 Å². The summed E-state index contributed by atoms with van der Waals surface area (Å²) >= 11 is 0. The third-order valence-electron chi connectivity index (χ3n) is 5.93. The van der Waals surface area contributed by atoms with Gasteiger partial charge in [0.15, 0.2) is 0 Å². The molecule has 0 spiro atoms. The van der Waals surface area contributed by atoms with Gasteiger partial charge in [0.25, 0.3) is 0 Å². The summed E-state index contributed by atoms with van der Waals surface area (Å²) in [5.41, 5.74) is 0. The van der Waals surface area contributed by atoms with E-state index in [4.69, 9.17) is 13.3 Å². The van der Waals surface area contributed by atoms with Crippen LogP contribution in [-0.4, -0.2) is 45.8 Å². The highest BCUT2D eigenvalue weighted by Crippen LogP contribution is 2.24. The molecule has 162 valence electrons. The van der Waals surface area contributed by atoms with Gasteiger partial charge in [0, 0.05) is 49.7 Å². The first-order chi connectivity index (χ1) is 13.2. The molecule has 1 fully saturated rings. The lowest BCUT2D eigenvalue weighted by Gasteiger charge is -2.24. The predicted molar refractivity (Wildman–Crippen MR) is 118 cm³/mol. The van der Waals surface area contributed by atoms with Gasteiger partial charge in [-0.2, -0.15) is 0 Å². The second-order valence-electron chi connectivity index (χ2n) is 8.04. The van der Waals surface area contributed by atoms with E-state index in [1.165, 1.54) is 77.0 Å². The zero-order valence-corrected chi connectivity index (χ0v) is 20.0. The Balaban J connectivity index is 1.86. The van der Waals surface area contributed by atoms with Crippen molar-refractivity contribution in [1.29, 1.82) is 0 Å². The van der Waals surface area contributed by atoms with E-state index in [0.717, 1.165) is 36.3 Å². The van der Waals surface area contributed by atoms with Gasteiger partial charge < -0.3 is 13.3 Å². The highest BCUT2D eigenvalue weighted by molar-refractivity contribution is 7.84. The van der Waals surface area contributed by atoms with Crippen molar-refractivity contribution in [3.05, 3.63) is 0 Å². The van der Waals surface area contributed by atoms with Crippen molar-refractivity contribution in [3.63, 3.8) is 0 Å². The van der Waals surface area contributed by atoms with Gasteiger partial charge in [-0.3, -0.25) is 4.21 Å². The monoisotopic (exact) mass is 420 g/mol. The van der Waals surface area contributed by atoms with Gasteiger partial charge in [-0.05, 0) is 31.6 Å². The molecule has 1 aliphatic rings. The van der Waals surface area contributed by atoms with Crippen molar-refractivity contribution in [1.82, 2.24) is 0 Å². The molecule has 0 heterocycles. The van der Waals surface area contributed by atoms with Gasteiger partial charge in [-0.1, -0.05) is 64.2 Å². The van der Waals surface area contributed by atoms with E-state index in [1.54, 1.807) is 21.3 Å². The average Bonchev–Trinajstić information content (AvgIpc) is 2.70. The second-order valence-corrected chi connectivity index (χ2v) is 12.8. The Morgan fingerprint density at radius 3 is 1.74 bits per heavy atom. The van der Waals surface area contributed by atoms with Crippen molar-refractivity contribution >= 4 is 19.6 Å². The second kappa shape index (κ2) is 16.1. The fourth-order valence-corrected chi connectivity index (χ4v) is 7.45. The maximum atomic E-state index is 12.2. The molecular formula is C21H44O4SSi. The molecule has 4 nitrogen and oxygen atoms in total. The Hall–Kier alpha value is 0.247. The standard InChI is InChI=1S/C21H44O4SSi/c1-23-27(24-2,25-3)19-15-10-8-6-4-5-7-9-14-18-26(22)20-21-16-12-11-13-17-21/h21H,4-20H2,1-3H3. The van der Waals surface area contributed by atoms with E-state index in [9.17, 15) is 4.21 Å². The van der Waals surface area contributed by atoms with Gasteiger partial charge in [0.05, 0.1) is 0 Å². The average molecular weight is 421 g/mol. The highest BCUT2D eigenvalue weighted by Gasteiger charge is 2.36. The molecule has 0 aliphatic heterocycles. The van der Waals surface area contributed by atoms with E-state index < -0.39 is 19.6 Å².